The summed E-state index contributed by atoms with van der Waals surface area (Å²) in [5.41, 5.74) is 2.00. The first-order valence-electron chi connectivity index (χ1n) is 8.26. The van der Waals surface area contributed by atoms with E-state index in [1.165, 1.54) is 12.8 Å². The molecule has 0 unspecified atom stereocenters. The van der Waals surface area contributed by atoms with Gasteiger partial charge in [0.2, 0.25) is 0 Å². The van der Waals surface area contributed by atoms with Crippen LogP contribution in [0.5, 0.6) is 5.75 Å². The van der Waals surface area contributed by atoms with Gasteiger partial charge in [-0.25, -0.2) is 9.78 Å². The highest BCUT2D eigenvalue weighted by Gasteiger charge is 2.27. The molecule has 0 spiro atoms. The topological polar surface area (TPSA) is 65.5 Å². The van der Waals surface area contributed by atoms with E-state index >= 15 is 0 Å². The monoisotopic (exact) mass is 345 g/mol. The standard InChI is InChI=1S/C18H23N3O2S/c1-12-11-24-17(19-12)13(2)20-18(23)21(9-14-3-4-14)10-15-5-7-16(22)8-6-15/h5-8,11,13-14,22H,3-4,9-10H2,1-2H3,(H,20,23)/t13-/m0/s1. The Morgan fingerprint density at radius 1 is 1.42 bits per heavy atom. The Morgan fingerprint density at radius 2 is 2.12 bits per heavy atom. The number of urea groups is 1. The van der Waals surface area contributed by atoms with Crippen molar-refractivity contribution in [2.45, 2.75) is 39.3 Å². The molecular formula is C18H23N3O2S. The first-order chi connectivity index (χ1) is 11.5. The molecule has 6 heteroatoms. The van der Waals surface area contributed by atoms with Crippen molar-refractivity contribution >= 4 is 17.4 Å². The van der Waals surface area contributed by atoms with Crippen molar-refractivity contribution in [3.8, 4) is 5.75 Å². The van der Waals surface area contributed by atoms with Gasteiger partial charge in [-0.1, -0.05) is 12.1 Å². The van der Waals surface area contributed by atoms with Crippen LogP contribution in [-0.2, 0) is 6.54 Å². The zero-order valence-electron chi connectivity index (χ0n) is 14.0. The van der Waals surface area contributed by atoms with Crippen molar-refractivity contribution in [1.82, 2.24) is 15.2 Å². The van der Waals surface area contributed by atoms with Gasteiger partial charge in [0.05, 0.1) is 6.04 Å². The number of nitrogens with one attached hydrogen (secondary N) is 1. The van der Waals surface area contributed by atoms with Crippen molar-refractivity contribution < 1.29 is 9.90 Å². The van der Waals surface area contributed by atoms with Gasteiger partial charge in [-0.3, -0.25) is 0 Å². The molecule has 24 heavy (non-hydrogen) atoms. The van der Waals surface area contributed by atoms with Crippen molar-refractivity contribution in [2.24, 2.45) is 5.92 Å². The van der Waals surface area contributed by atoms with Crippen LogP contribution in [0.4, 0.5) is 4.79 Å². The number of aromatic hydroxyl groups is 1. The summed E-state index contributed by atoms with van der Waals surface area (Å²) in [6.45, 7) is 5.24. The van der Waals surface area contributed by atoms with Crippen LogP contribution in [0.2, 0.25) is 0 Å². The average molecular weight is 345 g/mol. The van der Waals surface area contributed by atoms with E-state index in [0.717, 1.165) is 22.8 Å². The molecule has 1 atom stereocenters. The molecule has 0 bridgehead atoms. The number of hydrogen-bond donors (Lipinski definition) is 2. The summed E-state index contributed by atoms with van der Waals surface area (Å²) in [5, 5.41) is 15.4. The van der Waals surface area contributed by atoms with Crippen LogP contribution in [0, 0.1) is 12.8 Å². The van der Waals surface area contributed by atoms with Gasteiger partial charge in [0.1, 0.15) is 10.8 Å². The van der Waals surface area contributed by atoms with Gasteiger partial charge in [0.15, 0.2) is 0 Å². The predicted octanol–water partition coefficient (Wildman–Crippen LogP) is 3.84. The lowest BCUT2D eigenvalue weighted by molar-refractivity contribution is 0.189. The van der Waals surface area contributed by atoms with E-state index < -0.39 is 0 Å². The Labute approximate surface area is 146 Å². The number of carbonyl (C=O) groups excluding carboxylic acids is 1. The summed E-state index contributed by atoms with van der Waals surface area (Å²) in [6.07, 6.45) is 2.39. The molecule has 1 saturated carbocycles. The maximum absolute atomic E-state index is 12.7. The van der Waals surface area contributed by atoms with Crippen LogP contribution in [-0.4, -0.2) is 27.6 Å². The van der Waals surface area contributed by atoms with E-state index in [-0.39, 0.29) is 17.8 Å². The summed E-state index contributed by atoms with van der Waals surface area (Å²) >= 11 is 1.57. The van der Waals surface area contributed by atoms with Crippen LogP contribution in [0.15, 0.2) is 29.6 Å². The summed E-state index contributed by atoms with van der Waals surface area (Å²) < 4.78 is 0. The average Bonchev–Trinajstić information content (AvgIpc) is 3.26. The minimum absolute atomic E-state index is 0.0599. The number of carbonyl (C=O) groups is 1. The number of aromatic nitrogens is 1. The minimum atomic E-state index is -0.0993. The fourth-order valence-corrected chi connectivity index (χ4v) is 3.37. The minimum Gasteiger partial charge on any atom is -0.508 e. The second kappa shape index (κ2) is 7.21. The molecule has 1 aliphatic carbocycles. The molecule has 2 amide bonds. The third kappa shape index (κ3) is 4.47. The Kier molecular flexibility index (Phi) is 5.04. The second-order valence-corrected chi connectivity index (χ2v) is 7.38. The van der Waals surface area contributed by atoms with Gasteiger partial charge in [0, 0.05) is 24.2 Å². The van der Waals surface area contributed by atoms with Crippen molar-refractivity contribution in [3.63, 3.8) is 0 Å². The Bertz CT molecular complexity index is 695. The van der Waals surface area contributed by atoms with Gasteiger partial charge < -0.3 is 15.3 Å². The molecule has 2 N–H and O–H groups in total. The van der Waals surface area contributed by atoms with E-state index in [2.05, 4.69) is 10.3 Å². The van der Waals surface area contributed by atoms with Crippen LogP contribution < -0.4 is 5.32 Å². The van der Waals surface area contributed by atoms with Gasteiger partial charge in [0.25, 0.3) is 0 Å². The van der Waals surface area contributed by atoms with Crippen molar-refractivity contribution in [1.29, 1.82) is 0 Å². The molecule has 2 aromatic rings. The van der Waals surface area contributed by atoms with Crippen molar-refractivity contribution in [2.75, 3.05) is 6.54 Å². The number of phenolic OH excluding ortho intramolecular Hbond substituents is 1. The van der Waals surface area contributed by atoms with Crippen LogP contribution in [0.1, 0.15) is 42.1 Å². The number of benzene rings is 1. The molecule has 1 fully saturated rings. The van der Waals surface area contributed by atoms with E-state index in [9.17, 15) is 9.90 Å². The number of nitrogens with zero attached hydrogens (tertiary/aromatic N) is 2. The van der Waals surface area contributed by atoms with Gasteiger partial charge in [-0.15, -0.1) is 11.3 Å². The van der Waals surface area contributed by atoms with E-state index in [4.69, 9.17) is 0 Å². The summed E-state index contributed by atoms with van der Waals surface area (Å²) in [4.78, 5) is 19.0. The zero-order valence-corrected chi connectivity index (χ0v) is 14.8. The number of aryl methyl sites for hydroxylation is 1. The fraction of sp³-hybridized carbons (Fsp3) is 0.444. The molecule has 0 aliphatic heterocycles. The molecule has 1 aromatic carbocycles. The second-order valence-electron chi connectivity index (χ2n) is 6.49. The molecule has 0 saturated heterocycles. The summed E-state index contributed by atoms with van der Waals surface area (Å²) in [5.74, 6) is 0.856. The summed E-state index contributed by atoms with van der Waals surface area (Å²) in [7, 11) is 0. The SMILES string of the molecule is Cc1csc([C@H](C)NC(=O)N(Cc2ccc(O)cc2)CC2CC2)n1. The first-order valence-corrected chi connectivity index (χ1v) is 9.14. The molecule has 5 nitrogen and oxygen atoms in total. The lowest BCUT2D eigenvalue weighted by atomic mass is 10.2. The Balaban J connectivity index is 1.65. The third-order valence-electron chi connectivity index (χ3n) is 4.12. The van der Waals surface area contributed by atoms with Crippen LogP contribution in [0.3, 0.4) is 0 Å². The van der Waals surface area contributed by atoms with E-state index in [0.29, 0.717) is 12.5 Å². The molecule has 1 aromatic heterocycles. The van der Waals surface area contributed by atoms with Gasteiger partial charge in [-0.05, 0) is 50.3 Å². The number of amides is 2. The van der Waals surface area contributed by atoms with Crippen LogP contribution >= 0.6 is 11.3 Å². The molecule has 1 heterocycles. The summed E-state index contributed by atoms with van der Waals surface area (Å²) in [6, 6.07) is 6.87. The highest BCUT2D eigenvalue weighted by atomic mass is 32.1. The molecule has 1 aliphatic rings. The lowest BCUT2D eigenvalue weighted by Gasteiger charge is -2.25. The lowest BCUT2D eigenvalue weighted by Crippen LogP contribution is -2.41. The number of rotatable bonds is 6. The van der Waals surface area contributed by atoms with E-state index in [1.54, 1.807) is 23.5 Å². The fourth-order valence-electron chi connectivity index (χ4n) is 2.56. The van der Waals surface area contributed by atoms with Crippen LogP contribution in [0.25, 0.3) is 0 Å². The zero-order chi connectivity index (χ0) is 17.1. The highest BCUT2D eigenvalue weighted by molar-refractivity contribution is 7.09. The third-order valence-corrected chi connectivity index (χ3v) is 5.26. The predicted molar refractivity (Wildman–Crippen MR) is 95.0 cm³/mol. The highest BCUT2D eigenvalue weighted by Crippen LogP contribution is 2.30. The largest absolute Gasteiger partial charge is 0.508 e. The van der Waals surface area contributed by atoms with Gasteiger partial charge in [-0.2, -0.15) is 0 Å². The molecule has 128 valence electrons. The number of hydrogen-bond acceptors (Lipinski definition) is 4. The first kappa shape index (κ1) is 16.8. The number of thiazole rings is 1. The number of phenols is 1. The maximum atomic E-state index is 12.7. The van der Waals surface area contributed by atoms with Crippen molar-refractivity contribution in [3.05, 3.63) is 45.9 Å². The smallest absolute Gasteiger partial charge is 0.318 e. The Hall–Kier alpha value is -2.08. The van der Waals surface area contributed by atoms with Gasteiger partial charge >= 0.3 is 6.03 Å². The van der Waals surface area contributed by atoms with E-state index in [1.807, 2.05) is 36.3 Å². The normalized spacial score (nSPS) is 15.1. The molecule has 3 rings (SSSR count). The molecule has 0 radical (unpaired) electrons. The quantitative estimate of drug-likeness (QED) is 0.836. The maximum Gasteiger partial charge on any atom is 0.318 e. The Morgan fingerprint density at radius 3 is 2.71 bits per heavy atom. The molecular weight excluding hydrogens is 322 g/mol.